The molecule has 0 aliphatic carbocycles. The number of fused-ring (bicyclic) bond motifs is 2. The summed E-state index contributed by atoms with van der Waals surface area (Å²) in [6.45, 7) is 10.4. The molecule has 9 heteroatoms. The molecule has 0 fully saturated rings. The van der Waals surface area contributed by atoms with E-state index in [9.17, 15) is 18.0 Å². The zero-order chi connectivity index (χ0) is 23.7. The second-order valence-corrected chi connectivity index (χ2v) is 9.79. The van der Waals surface area contributed by atoms with Crippen LogP contribution in [0.1, 0.15) is 58.6 Å². The van der Waals surface area contributed by atoms with E-state index in [0.717, 1.165) is 56.6 Å². The van der Waals surface area contributed by atoms with Crippen LogP contribution in [0.4, 0.5) is 19.1 Å². The number of benzene rings is 1. The molecule has 1 amide bonds. The minimum absolute atomic E-state index is 0.275. The van der Waals surface area contributed by atoms with Crippen molar-refractivity contribution in [2.24, 2.45) is 5.41 Å². The number of nitrogens with zero attached hydrogens (tertiary/aromatic N) is 2. The van der Waals surface area contributed by atoms with Crippen molar-refractivity contribution in [2.45, 2.75) is 72.3 Å². The van der Waals surface area contributed by atoms with Gasteiger partial charge >= 0.3 is 6.18 Å². The smallest absolute Gasteiger partial charge is 0.394 e. The Balaban J connectivity index is 0.000000509. The van der Waals surface area contributed by atoms with E-state index in [1.54, 1.807) is 6.26 Å². The summed E-state index contributed by atoms with van der Waals surface area (Å²) in [6.07, 6.45) is -0.271. The number of hydrogen-bond acceptors (Lipinski definition) is 4. The molecule has 2 aromatic rings. The van der Waals surface area contributed by atoms with Gasteiger partial charge in [0.05, 0.1) is 29.3 Å². The number of rotatable bonds is 3. The molecule has 4 rings (SSSR count). The number of aromatic nitrogens is 2. The van der Waals surface area contributed by atoms with Gasteiger partial charge < -0.3 is 14.6 Å². The predicted molar refractivity (Wildman–Crippen MR) is 118 cm³/mol. The lowest BCUT2D eigenvalue weighted by Crippen LogP contribution is -2.36. The minimum atomic E-state index is -4.46. The quantitative estimate of drug-likeness (QED) is 0.669. The molecule has 0 saturated heterocycles. The van der Waals surface area contributed by atoms with Crippen molar-refractivity contribution in [3.05, 3.63) is 35.6 Å². The van der Waals surface area contributed by atoms with E-state index in [-0.39, 0.29) is 5.95 Å². The summed E-state index contributed by atoms with van der Waals surface area (Å²) < 4.78 is 45.9. The maximum atomic E-state index is 13.1. The highest BCUT2D eigenvalue weighted by molar-refractivity contribution is 5.92. The van der Waals surface area contributed by atoms with Gasteiger partial charge in [0.1, 0.15) is 0 Å². The third-order valence-corrected chi connectivity index (χ3v) is 5.49. The third-order valence-electron chi connectivity index (χ3n) is 5.49. The number of carbonyl (C=O) groups excluding carboxylic acids is 1. The Hall–Kier alpha value is -2.55. The Morgan fingerprint density at radius 1 is 1.16 bits per heavy atom. The first-order valence-corrected chi connectivity index (χ1v) is 10.7. The first-order valence-electron chi connectivity index (χ1n) is 10.7. The van der Waals surface area contributed by atoms with Gasteiger partial charge in [-0.3, -0.25) is 10.1 Å². The molecule has 0 unspecified atom stereocenters. The van der Waals surface area contributed by atoms with Crippen LogP contribution in [-0.4, -0.2) is 28.2 Å². The number of nitrogens with one attached hydrogen (secondary N) is 2. The Morgan fingerprint density at radius 3 is 2.31 bits per heavy atom. The highest BCUT2D eigenvalue weighted by Crippen LogP contribution is 2.40. The molecule has 0 atom stereocenters. The van der Waals surface area contributed by atoms with Gasteiger partial charge in [-0.05, 0) is 50.1 Å². The van der Waals surface area contributed by atoms with Crippen LogP contribution in [-0.2, 0) is 28.2 Å². The van der Waals surface area contributed by atoms with Crippen LogP contribution in [0, 0.1) is 5.41 Å². The Bertz CT molecular complexity index is 1010. The summed E-state index contributed by atoms with van der Waals surface area (Å²) in [5, 5.41) is 5.89. The van der Waals surface area contributed by atoms with Crippen molar-refractivity contribution < 1.29 is 22.7 Å². The van der Waals surface area contributed by atoms with Gasteiger partial charge in [0.25, 0.3) is 0 Å². The predicted octanol–water partition coefficient (Wildman–Crippen LogP) is 5.23. The van der Waals surface area contributed by atoms with E-state index in [4.69, 9.17) is 4.74 Å². The van der Waals surface area contributed by atoms with E-state index >= 15 is 0 Å². The Kier molecular flexibility index (Phi) is 6.60. The largest absolute Gasteiger partial charge is 0.501 e. The molecule has 0 radical (unpaired) electrons. The molecule has 0 saturated carbocycles. The average molecular weight is 453 g/mol. The summed E-state index contributed by atoms with van der Waals surface area (Å²) in [6, 6.07) is 4.01. The summed E-state index contributed by atoms with van der Waals surface area (Å²) >= 11 is 0. The lowest BCUT2D eigenvalue weighted by Gasteiger charge is -2.28. The lowest BCUT2D eigenvalue weighted by atomic mass is 9.88. The topological polar surface area (TPSA) is 68.2 Å². The highest BCUT2D eigenvalue weighted by atomic mass is 19.4. The number of anilines is 1. The fourth-order valence-corrected chi connectivity index (χ4v) is 3.64. The van der Waals surface area contributed by atoms with Crippen molar-refractivity contribution in [2.75, 3.05) is 11.9 Å². The molecule has 1 aromatic carbocycles. The van der Waals surface area contributed by atoms with Crippen molar-refractivity contribution >= 4 is 22.9 Å². The van der Waals surface area contributed by atoms with Gasteiger partial charge in [0, 0.05) is 31.5 Å². The molecular formula is C23H31F3N4O2. The first-order chi connectivity index (χ1) is 14.8. The van der Waals surface area contributed by atoms with Crippen LogP contribution < -0.4 is 10.6 Å². The summed E-state index contributed by atoms with van der Waals surface area (Å²) in [7, 11) is 0. The number of imidazole rings is 1. The second-order valence-electron chi connectivity index (χ2n) is 9.79. The van der Waals surface area contributed by atoms with Crippen LogP contribution in [0.15, 0.2) is 24.5 Å². The lowest BCUT2D eigenvalue weighted by molar-refractivity contribution is -0.213. The van der Waals surface area contributed by atoms with Gasteiger partial charge in [-0.25, -0.2) is 4.98 Å². The number of amides is 1. The molecular weight excluding hydrogens is 421 g/mol. The van der Waals surface area contributed by atoms with Gasteiger partial charge in [-0.1, -0.05) is 13.8 Å². The van der Waals surface area contributed by atoms with Crippen molar-refractivity contribution in [3.8, 4) is 0 Å². The molecule has 1 aromatic heterocycles. The number of carbonyl (C=O) groups is 1. The zero-order valence-electron chi connectivity index (χ0n) is 19.2. The standard InChI is InChI=1S/C19H25F3N4O.C4H6O/c1-17(2,3)26-14-7-12-10-23-9-11(12)6-13(14)24-16(26)25-15(27)8-18(4,5)19(20,21)22;1-2-4-5-3-1/h6-7,23H,8-10H2,1-5H3,(H,24,25,27);1,3H,2,4H2. The fourth-order valence-electron chi connectivity index (χ4n) is 3.64. The molecule has 2 N–H and O–H groups in total. The summed E-state index contributed by atoms with van der Waals surface area (Å²) in [4.78, 5) is 16.9. The minimum Gasteiger partial charge on any atom is -0.501 e. The number of alkyl halides is 3. The van der Waals surface area contributed by atoms with Crippen LogP contribution in [0.5, 0.6) is 0 Å². The SMILES string of the molecule is C1=COCC1.CC(C)(C)n1c(NC(=O)CC(C)(C)C(F)(F)F)nc2cc3c(cc21)CNC3. The van der Waals surface area contributed by atoms with Crippen LogP contribution in [0.3, 0.4) is 0 Å². The average Bonchev–Trinajstić information content (AvgIpc) is 3.38. The maximum absolute atomic E-state index is 13.1. The van der Waals surface area contributed by atoms with Crippen molar-refractivity contribution in [1.82, 2.24) is 14.9 Å². The first kappa shape index (κ1) is 24.1. The molecule has 2 aliphatic rings. The molecule has 6 nitrogen and oxygen atoms in total. The van der Waals surface area contributed by atoms with Crippen molar-refractivity contribution in [3.63, 3.8) is 0 Å². The highest BCUT2D eigenvalue weighted by Gasteiger charge is 2.48. The Labute approximate surface area is 186 Å². The van der Waals surface area contributed by atoms with Gasteiger partial charge in [0.15, 0.2) is 0 Å². The molecule has 0 spiro atoms. The third kappa shape index (κ3) is 5.26. The fraction of sp³-hybridized carbons (Fsp3) is 0.565. The molecule has 176 valence electrons. The molecule has 2 aliphatic heterocycles. The number of hydrogen-bond donors (Lipinski definition) is 2. The number of halogens is 3. The molecule has 3 heterocycles. The zero-order valence-corrected chi connectivity index (χ0v) is 19.2. The second kappa shape index (κ2) is 8.77. The van der Waals surface area contributed by atoms with Crippen LogP contribution >= 0.6 is 0 Å². The van der Waals surface area contributed by atoms with Crippen molar-refractivity contribution in [1.29, 1.82) is 0 Å². The van der Waals surface area contributed by atoms with Gasteiger partial charge in [-0.2, -0.15) is 13.2 Å². The van der Waals surface area contributed by atoms with Gasteiger partial charge in [0.2, 0.25) is 11.9 Å². The van der Waals surface area contributed by atoms with E-state index in [1.165, 1.54) is 5.56 Å². The van der Waals surface area contributed by atoms with Crippen LogP contribution in [0.25, 0.3) is 11.0 Å². The monoisotopic (exact) mass is 452 g/mol. The Morgan fingerprint density at radius 2 is 1.81 bits per heavy atom. The van der Waals surface area contributed by atoms with Gasteiger partial charge in [-0.15, -0.1) is 0 Å². The summed E-state index contributed by atoms with van der Waals surface area (Å²) in [5.41, 5.74) is 1.38. The maximum Gasteiger partial charge on any atom is 0.394 e. The molecule has 0 bridgehead atoms. The van der Waals surface area contributed by atoms with Crippen LogP contribution in [0.2, 0.25) is 0 Å². The summed E-state index contributed by atoms with van der Waals surface area (Å²) in [5.74, 6) is -0.426. The van der Waals surface area contributed by atoms with E-state index in [1.807, 2.05) is 43.5 Å². The van der Waals surface area contributed by atoms with E-state index < -0.39 is 29.5 Å². The van der Waals surface area contributed by atoms with E-state index in [2.05, 4.69) is 15.6 Å². The molecule has 32 heavy (non-hydrogen) atoms. The normalized spacial score (nSPS) is 15.9. The number of ether oxygens (including phenoxy) is 1. The van der Waals surface area contributed by atoms with E-state index in [0.29, 0.717) is 0 Å².